The van der Waals surface area contributed by atoms with Gasteiger partial charge in [-0.2, -0.15) is 0 Å². The third kappa shape index (κ3) is 1.74. The van der Waals surface area contributed by atoms with Crippen LogP contribution in [0.1, 0.15) is 0 Å². The molecule has 0 fully saturated rings. The Labute approximate surface area is 83.5 Å². The topological polar surface area (TPSA) is 68.1 Å². The number of benzene rings is 1. The lowest BCUT2D eigenvalue weighted by Gasteiger charge is -2.04. The van der Waals surface area contributed by atoms with Gasteiger partial charge in [0, 0.05) is 6.07 Å². The number of H-pyrrole nitrogens is 1. The Kier molecular flexibility index (Phi) is 2.24. The Bertz CT molecular complexity index is 532. The highest BCUT2D eigenvalue weighted by molar-refractivity contribution is 5.63. The molecule has 6 heteroatoms. The standard InChI is InChI=1S/C9H7FN2O3/c1-14-7-4-5(10)2-3-6(7)8-11-9(13)15-12-8/h2-4H,1H3,(H,11,12,13). The molecule has 78 valence electrons. The second-order valence-electron chi connectivity index (χ2n) is 2.79. The molecular formula is C9H7FN2O3. The lowest BCUT2D eigenvalue weighted by Crippen LogP contribution is -1.96. The minimum atomic E-state index is -0.670. The van der Waals surface area contributed by atoms with E-state index in [9.17, 15) is 9.18 Å². The molecule has 5 nitrogen and oxygen atoms in total. The Morgan fingerprint density at radius 1 is 1.53 bits per heavy atom. The van der Waals surface area contributed by atoms with Crippen LogP contribution in [-0.4, -0.2) is 17.3 Å². The molecule has 1 aromatic heterocycles. The number of aromatic nitrogens is 2. The monoisotopic (exact) mass is 210 g/mol. The fraction of sp³-hybridized carbons (Fsp3) is 0.111. The third-order valence-corrected chi connectivity index (χ3v) is 1.86. The molecule has 1 aromatic carbocycles. The van der Waals surface area contributed by atoms with E-state index in [4.69, 9.17) is 4.74 Å². The molecular weight excluding hydrogens is 203 g/mol. The highest BCUT2D eigenvalue weighted by Gasteiger charge is 2.11. The number of methoxy groups -OCH3 is 1. The molecule has 0 atom stereocenters. The molecule has 0 aliphatic rings. The largest absolute Gasteiger partial charge is 0.496 e. The van der Waals surface area contributed by atoms with Gasteiger partial charge in [-0.1, -0.05) is 5.16 Å². The molecule has 0 saturated heterocycles. The summed E-state index contributed by atoms with van der Waals surface area (Å²) < 4.78 is 22.1. The average Bonchev–Trinajstić information content (AvgIpc) is 2.64. The number of hydrogen-bond acceptors (Lipinski definition) is 4. The molecule has 1 N–H and O–H groups in total. The summed E-state index contributed by atoms with van der Waals surface area (Å²) in [6.45, 7) is 0. The third-order valence-electron chi connectivity index (χ3n) is 1.86. The van der Waals surface area contributed by atoms with E-state index in [1.165, 1.54) is 25.3 Å². The maximum Gasteiger partial charge on any atom is 0.439 e. The average molecular weight is 210 g/mol. The van der Waals surface area contributed by atoms with Crippen LogP contribution in [0, 0.1) is 5.82 Å². The Hall–Kier alpha value is -2.11. The van der Waals surface area contributed by atoms with Crippen molar-refractivity contribution in [2.75, 3.05) is 7.11 Å². The van der Waals surface area contributed by atoms with E-state index in [0.717, 1.165) is 0 Å². The Balaban J connectivity index is 2.57. The van der Waals surface area contributed by atoms with Crippen molar-refractivity contribution < 1.29 is 13.7 Å². The first-order valence-corrected chi connectivity index (χ1v) is 4.10. The van der Waals surface area contributed by atoms with E-state index in [2.05, 4.69) is 14.7 Å². The second kappa shape index (κ2) is 3.56. The molecule has 0 bridgehead atoms. The molecule has 1 heterocycles. The molecule has 15 heavy (non-hydrogen) atoms. The lowest BCUT2D eigenvalue weighted by atomic mass is 10.2. The first kappa shape index (κ1) is 9.45. The van der Waals surface area contributed by atoms with Gasteiger partial charge in [0.25, 0.3) is 0 Å². The van der Waals surface area contributed by atoms with Gasteiger partial charge in [-0.05, 0) is 12.1 Å². The first-order chi connectivity index (χ1) is 7.20. The maximum absolute atomic E-state index is 12.9. The summed E-state index contributed by atoms with van der Waals surface area (Å²) in [5.41, 5.74) is 0.463. The van der Waals surface area contributed by atoms with Crippen LogP contribution in [0.4, 0.5) is 4.39 Å². The first-order valence-electron chi connectivity index (χ1n) is 4.10. The predicted molar refractivity (Wildman–Crippen MR) is 49.1 cm³/mol. The zero-order chi connectivity index (χ0) is 10.8. The van der Waals surface area contributed by atoms with Crippen molar-refractivity contribution >= 4 is 0 Å². The summed E-state index contributed by atoms with van der Waals surface area (Å²) in [4.78, 5) is 13.1. The number of nitrogens with one attached hydrogen (secondary N) is 1. The summed E-state index contributed by atoms with van der Waals surface area (Å²) >= 11 is 0. The highest BCUT2D eigenvalue weighted by Crippen LogP contribution is 2.27. The van der Waals surface area contributed by atoms with Gasteiger partial charge in [0.15, 0.2) is 5.82 Å². The van der Waals surface area contributed by atoms with Crippen molar-refractivity contribution in [3.05, 3.63) is 34.6 Å². The number of rotatable bonds is 2. The molecule has 0 unspecified atom stereocenters. The zero-order valence-electron chi connectivity index (χ0n) is 7.78. The van der Waals surface area contributed by atoms with E-state index < -0.39 is 11.6 Å². The van der Waals surface area contributed by atoms with Crippen molar-refractivity contribution in [2.24, 2.45) is 0 Å². The van der Waals surface area contributed by atoms with Gasteiger partial charge in [0.2, 0.25) is 0 Å². The molecule has 0 aliphatic carbocycles. The smallest absolute Gasteiger partial charge is 0.439 e. The van der Waals surface area contributed by atoms with Crippen molar-refractivity contribution in [2.45, 2.75) is 0 Å². The molecule has 0 spiro atoms. The van der Waals surface area contributed by atoms with Crippen LogP contribution >= 0.6 is 0 Å². The number of ether oxygens (including phenoxy) is 1. The zero-order valence-corrected chi connectivity index (χ0v) is 7.78. The maximum atomic E-state index is 12.9. The van der Waals surface area contributed by atoms with Crippen LogP contribution in [0.3, 0.4) is 0 Å². The van der Waals surface area contributed by atoms with Gasteiger partial charge in [-0.15, -0.1) is 0 Å². The van der Waals surface area contributed by atoms with Gasteiger partial charge in [0.05, 0.1) is 12.7 Å². The second-order valence-corrected chi connectivity index (χ2v) is 2.79. The van der Waals surface area contributed by atoms with Crippen LogP contribution in [0.2, 0.25) is 0 Å². The molecule has 0 radical (unpaired) electrons. The van der Waals surface area contributed by atoms with Crippen LogP contribution in [0.5, 0.6) is 5.75 Å². The molecule has 0 aliphatic heterocycles. The quantitative estimate of drug-likeness (QED) is 0.808. The van der Waals surface area contributed by atoms with Crippen molar-refractivity contribution in [1.82, 2.24) is 10.1 Å². The van der Waals surface area contributed by atoms with E-state index in [1.807, 2.05) is 0 Å². The highest BCUT2D eigenvalue weighted by atomic mass is 19.1. The number of halogens is 1. The van der Waals surface area contributed by atoms with Crippen molar-refractivity contribution in [3.63, 3.8) is 0 Å². The van der Waals surface area contributed by atoms with E-state index in [1.54, 1.807) is 0 Å². The van der Waals surface area contributed by atoms with Crippen LogP contribution in [-0.2, 0) is 0 Å². The summed E-state index contributed by atoms with van der Waals surface area (Å²) in [5, 5.41) is 3.48. The van der Waals surface area contributed by atoms with Crippen LogP contribution in [0.25, 0.3) is 11.4 Å². The summed E-state index contributed by atoms with van der Waals surface area (Å²) in [5.74, 6) is -0.616. The minimum absolute atomic E-state index is 0.205. The summed E-state index contributed by atoms with van der Waals surface area (Å²) in [6, 6.07) is 3.88. The number of nitrogens with zero attached hydrogens (tertiary/aromatic N) is 1. The summed E-state index contributed by atoms with van der Waals surface area (Å²) in [7, 11) is 1.40. The van der Waals surface area contributed by atoms with Gasteiger partial charge in [-0.25, -0.2) is 9.18 Å². The van der Waals surface area contributed by atoms with Crippen LogP contribution < -0.4 is 10.5 Å². The molecule has 0 saturated carbocycles. The van der Waals surface area contributed by atoms with E-state index >= 15 is 0 Å². The van der Waals surface area contributed by atoms with E-state index in [0.29, 0.717) is 5.56 Å². The fourth-order valence-electron chi connectivity index (χ4n) is 1.21. The van der Waals surface area contributed by atoms with Crippen LogP contribution in [0.15, 0.2) is 27.5 Å². The lowest BCUT2D eigenvalue weighted by molar-refractivity contribution is 0.386. The number of hydrogen-bond donors (Lipinski definition) is 1. The SMILES string of the molecule is COc1cc(F)ccc1-c1noc(=O)[nH]1. The molecule has 2 rings (SSSR count). The van der Waals surface area contributed by atoms with Gasteiger partial charge in [0.1, 0.15) is 11.6 Å². The predicted octanol–water partition coefficient (Wildman–Crippen LogP) is 1.18. The Morgan fingerprint density at radius 2 is 2.33 bits per heavy atom. The summed E-state index contributed by atoms with van der Waals surface area (Å²) in [6.07, 6.45) is 0. The van der Waals surface area contributed by atoms with E-state index in [-0.39, 0.29) is 11.6 Å². The fourth-order valence-corrected chi connectivity index (χ4v) is 1.21. The molecule has 0 amide bonds. The van der Waals surface area contributed by atoms with Gasteiger partial charge >= 0.3 is 5.76 Å². The number of aromatic amines is 1. The van der Waals surface area contributed by atoms with Gasteiger partial charge < -0.3 is 4.74 Å². The minimum Gasteiger partial charge on any atom is -0.496 e. The molecule has 2 aromatic rings. The normalized spacial score (nSPS) is 10.3. The van der Waals surface area contributed by atoms with Crippen molar-refractivity contribution in [1.29, 1.82) is 0 Å². The van der Waals surface area contributed by atoms with Gasteiger partial charge in [-0.3, -0.25) is 9.51 Å². The Morgan fingerprint density at radius 3 is 2.93 bits per heavy atom. The van der Waals surface area contributed by atoms with Crippen molar-refractivity contribution in [3.8, 4) is 17.1 Å².